The molecule has 4 rings (SSSR count). The van der Waals surface area contributed by atoms with E-state index in [0.29, 0.717) is 21.9 Å². The van der Waals surface area contributed by atoms with Crippen LogP contribution in [0.3, 0.4) is 0 Å². The number of halogens is 2. The van der Waals surface area contributed by atoms with E-state index in [0.717, 1.165) is 10.0 Å². The van der Waals surface area contributed by atoms with Gasteiger partial charge in [0, 0.05) is 27.5 Å². The number of para-hydroxylation sites is 1. The molecule has 1 amide bonds. The minimum Gasteiger partial charge on any atom is -0.324 e. The number of amides is 1. The number of aromatic nitrogens is 3. The monoisotopic (exact) mass is 456 g/mol. The molecule has 6 nitrogen and oxygen atoms in total. The largest absolute Gasteiger partial charge is 0.324 e. The molecule has 28 heavy (non-hydrogen) atoms. The highest BCUT2D eigenvalue weighted by Crippen LogP contribution is 2.22. The number of rotatable bonds is 4. The first-order valence-electron chi connectivity index (χ1n) is 8.40. The molecule has 0 aliphatic heterocycles. The number of nitrogens with zero attached hydrogens (tertiary/aromatic N) is 3. The molecule has 0 spiro atoms. The van der Waals surface area contributed by atoms with Crippen LogP contribution in [-0.4, -0.2) is 20.1 Å². The Kier molecular flexibility index (Phi) is 5.02. The van der Waals surface area contributed by atoms with Crippen LogP contribution in [0.15, 0.2) is 76.3 Å². The van der Waals surface area contributed by atoms with Crippen LogP contribution in [0.25, 0.3) is 16.8 Å². The van der Waals surface area contributed by atoms with E-state index in [1.54, 1.807) is 36.7 Å². The summed E-state index contributed by atoms with van der Waals surface area (Å²) in [6.07, 6.45) is 3.20. The smallest absolute Gasteiger partial charge is 0.277 e. The second kappa shape index (κ2) is 7.61. The molecule has 4 aromatic rings. The Bertz CT molecular complexity index is 1230. The van der Waals surface area contributed by atoms with E-state index >= 15 is 0 Å². The lowest BCUT2D eigenvalue weighted by Crippen LogP contribution is -2.28. The van der Waals surface area contributed by atoms with E-state index in [2.05, 4.69) is 26.3 Å². The van der Waals surface area contributed by atoms with Gasteiger partial charge in [0.05, 0.1) is 11.4 Å². The number of hydrogen-bond donors (Lipinski definition) is 1. The lowest BCUT2D eigenvalue weighted by Gasteiger charge is -2.09. The van der Waals surface area contributed by atoms with E-state index in [4.69, 9.17) is 11.6 Å². The van der Waals surface area contributed by atoms with Crippen LogP contribution in [0.5, 0.6) is 0 Å². The maximum atomic E-state index is 12.8. The van der Waals surface area contributed by atoms with Gasteiger partial charge in [0.25, 0.3) is 5.56 Å². The quantitative estimate of drug-likeness (QED) is 0.499. The average molecular weight is 458 g/mol. The highest BCUT2D eigenvalue weighted by atomic mass is 79.9. The van der Waals surface area contributed by atoms with Gasteiger partial charge in [0.2, 0.25) is 5.91 Å². The standard InChI is InChI=1S/C20H14BrClN4O2/c21-15-3-1-2-4-16(15)23-19(27)12-25-9-10-26-18(20(25)28)11-17(24-26)13-5-7-14(22)8-6-13/h1-11H,12H2,(H,23,27). The van der Waals surface area contributed by atoms with E-state index in [9.17, 15) is 9.59 Å². The summed E-state index contributed by atoms with van der Waals surface area (Å²) in [6.45, 7) is -0.0991. The van der Waals surface area contributed by atoms with Gasteiger partial charge in [-0.15, -0.1) is 0 Å². The summed E-state index contributed by atoms with van der Waals surface area (Å²) in [7, 11) is 0. The maximum absolute atomic E-state index is 12.8. The number of carbonyl (C=O) groups is 1. The lowest BCUT2D eigenvalue weighted by atomic mass is 10.1. The van der Waals surface area contributed by atoms with Crippen LogP contribution in [0.2, 0.25) is 5.02 Å². The Labute approximate surface area is 173 Å². The topological polar surface area (TPSA) is 68.4 Å². The zero-order chi connectivity index (χ0) is 19.7. The van der Waals surface area contributed by atoms with Crippen molar-refractivity contribution in [2.24, 2.45) is 0 Å². The molecule has 0 aliphatic carbocycles. The molecule has 2 aromatic heterocycles. The van der Waals surface area contributed by atoms with Gasteiger partial charge in [-0.25, -0.2) is 4.52 Å². The third-order valence-corrected chi connectivity index (χ3v) is 5.15. The summed E-state index contributed by atoms with van der Waals surface area (Å²) in [5, 5.41) is 7.85. The number of benzene rings is 2. The molecule has 0 fully saturated rings. The van der Waals surface area contributed by atoms with Crippen molar-refractivity contribution in [1.82, 2.24) is 14.2 Å². The van der Waals surface area contributed by atoms with Crippen molar-refractivity contribution >= 4 is 44.6 Å². The minimum atomic E-state index is -0.296. The molecule has 0 bridgehead atoms. The van der Waals surface area contributed by atoms with Gasteiger partial charge in [-0.2, -0.15) is 5.10 Å². The third kappa shape index (κ3) is 3.72. The van der Waals surface area contributed by atoms with E-state index < -0.39 is 0 Å². The summed E-state index contributed by atoms with van der Waals surface area (Å²) < 4.78 is 3.64. The van der Waals surface area contributed by atoms with Crippen molar-refractivity contribution in [3.63, 3.8) is 0 Å². The molecule has 0 unspecified atom stereocenters. The molecule has 0 saturated heterocycles. The molecule has 0 saturated carbocycles. The fraction of sp³-hybridized carbons (Fsp3) is 0.0500. The fourth-order valence-corrected chi connectivity index (χ4v) is 3.33. The predicted molar refractivity (Wildman–Crippen MR) is 113 cm³/mol. The summed E-state index contributed by atoms with van der Waals surface area (Å²) in [6, 6.07) is 16.2. The first-order valence-corrected chi connectivity index (χ1v) is 9.57. The van der Waals surface area contributed by atoms with Crippen LogP contribution < -0.4 is 10.9 Å². The average Bonchev–Trinajstić information content (AvgIpc) is 3.12. The highest BCUT2D eigenvalue weighted by Gasteiger charge is 2.12. The van der Waals surface area contributed by atoms with Gasteiger partial charge in [-0.05, 0) is 46.3 Å². The molecular formula is C20H14BrClN4O2. The Hall–Kier alpha value is -2.90. The van der Waals surface area contributed by atoms with E-state index in [-0.39, 0.29) is 18.0 Å². The Morgan fingerprint density at radius 3 is 2.61 bits per heavy atom. The predicted octanol–water partition coefficient (Wildman–Crippen LogP) is 4.22. The first-order chi connectivity index (χ1) is 13.5. The van der Waals surface area contributed by atoms with Crippen LogP contribution in [0.4, 0.5) is 5.69 Å². The molecule has 8 heteroatoms. The Balaban J connectivity index is 1.61. The summed E-state index contributed by atoms with van der Waals surface area (Å²) in [5.41, 5.74) is 2.25. The molecule has 0 atom stereocenters. The van der Waals surface area contributed by atoms with Crippen molar-refractivity contribution < 1.29 is 4.79 Å². The zero-order valence-corrected chi connectivity index (χ0v) is 16.8. The number of carbonyl (C=O) groups excluding carboxylic acids is 1. The highest BCUT2D eigenvalue weighted by molar-refractivity contribution is 9.10. The molecular weight excluding hydrogens is 444 g/mol. The molecule has 1 N–H and O–H groups in total. The van der Waals surface area contributed by atoms with Gasteiger partial charge < -0.3 is 9.88 Å². The Morgan fingerprint density at radius 1 is 1.11 bits per heavy atom. The molecule has 0 aliphatic rings. The Morgan fingerprint density at radius 2 is 1.86 bits per heavy atom. The second-order valence-electron chi connectivity index (χ2n) is 6.13. The number of fused-ring (bicyclic) bond motifs is 1. The van der Waals surface area contributed by atoms with Crippen LogP contribution in [-0.2, 0) is 11.3 Å². The van der Waals surface area contributed by atoms with Crippen molar-refractivity contribution in [2.45, 2.75) is 6.54 Å². The van der Waals surface area contributed by atoms with Gasteiger partial charge >= 0.3 is 0 Å². The van der Waals surface area contributed by atoms with Crippen LogP contribution in [0, 0.1) is 0 Å². The van der Waals surface area contributed by atoms with Gasteiger partial charge in [0.1, 0.15) is 12.1 Å². The maximum Gasteiger partial charge on any atom is 0.277 e. The van der Waals surface area contributed by atoms with Crippen LogP contribution in [0.1, 0.15) is 0 Å². The number of hydrogen-bond acceptors (Lipinski definition) is 3. The number of anilines is 1. The molecule has 0 radical (unpaired) electrons. The minimum absolute atomic E-state index is 0.0991. The zero-order valence-electron chi connectivity index (χ0n) is 14.5. The normalized spacial score (nSPS) is 10.9. The first kappa shape index (κ1) is 18.5. The fourth-order valence-electron chi connectivity index (χ4n) is 2.82. The van der Waals surface area contributed by atoms with Gasteiger partial charge in [-0.1, -0.05) is 35.9 Å². The van der Waals surface area contributed by atoms with Gasteiger partial charge in [-0.3, -0.25) is 9.59 Å². The van der Waals surface area contributed by atoms with E-state index in [1.165, 1.54) is 9.08 Å². The van der Waals surface area contributed by atoms with Crippen molar-refractivity contribution in [2.75, 3.05) is 5.32 Å². The second-order valence-corrected chi connectivity index (χ2v) is 7.42. The third-order valence-electron chi connectivity index (χ3n) is 4.21. The van der Waals surface area contributed by atoms with Crippen molar-refractivity contribution in [3.05, 3.63) is 86.8 Å². The lowest BCUT2D eigenvalue weighted by molar-refractivity contribution is -0.116. The van der Waals surface area contributed by atoms with E-state index in [1.807, 2.05) is 30.3 Å². The van der Waals surface area contributed by atoms with Crippen molar-refractivity contribution in [3.8, 4) is 11.3 Å². The van der Waals surface area contributed by atoms with Crippen LogP contribution >= 0.6 is 27.5 Å². The van der Waals surface area contributed by atoms with Crippen molar-refractivity contribution in [1.29, 1.82) is 0 Å². The molecule has 140 valence electrons. The summed E-state index contributed by atoms with van der Waals surface area (Å²) in [5.74, 6) is -0.296. The summed E-state index contributed by atoms with van der Waals surface area (Å²) in [4.78, 5) is 25.1. The molecule has 2 aromatic carbocycles. The summed E-state index contributed by atoms with van der Waals surface area (Å²) >= 11 is 9.30. The van der Waals surface area contributed by atoms with Gasteiger partial charge in [0.15, 0.2) is 0 Å². The SMILES string of the molecule is O=C(Cn1ccn2nc(-c3ccc(Cl)cc3)cc2c1=O)Nc1ccccc1Br. The molecule has 2 heterocycles. The number of nitrogens with one attached hydrogen (secondary N) is 1.